The number of carboxylic acid groups (broad SMARTS) is 1. The van der Waals surface area contributed by atoms with E-state index in [1.54, 1.807) is 0 Å². The molecule has 0 bridgehead atoms. The molecule has 8 nitrogen and oxygen atoms in total. The number of pyridine rings is 1. The number of anilines is 1. The standard InChI is InChI=1S/C17H17N3O5S/c1-11(21)19-12-2-4-13(5-3-12)26(24,25)20-9-7-16-15(10-20)14(17(22)23)6-8-18-16/h2-6,8H,7,9-10H2,1H3,(H,19,21)(H,22,23). The van der Waals surface area contributed by atoms with E-state index in [0.717, 1.165) is 0 Å². The van der Waals surface area contributed by atoms with Crippen LogP contribution in [-0.4, -0.2) is 41.2 Å². The summed E-state index contributed by atoms with van der Waals surface area (Å²) in [5, 5.41) is 11.9. The molecule has 2 aromatic rings. The van der Waals surface area contributed by atoms with Gasteiger partial charge in [0.15, 0.2) is 0 Å². The smallest absolute Gasteiger partial charge is 0.336 e. The monoisotopic (exact) mass is 375 g/mol. The van der Waals surface area contributed by atoms with Crippen LogP contribution in [0.1, 0.15) is 28.5 Å². The van der Waals surface area contributed by atoms with Crippen LogP contribution >= 0.6 is 0 Å². The molecular formula is C17H17N3O5S. The Morgan fingerprint density at radius 2 is 1.88 bits per heavy atom. The first-order valence-electron chi connectivity index (χ1n) is 7.87. The van der Waals surface area contributed by atoms with Crippen molar-refractivity contribution in [3.05, 3.63) is 53.3 Å². The Labute approximate surface area is 150 Å². The lowest BCUT2D eigenvalue weighted by molar-refractivity contribution is -0.114. The Balaban J connectivity index is 1.90. The summed E-state index contributed by atoms with van der Waals surface area (Å²) in [4.78, 5) is 26.7. The van der Waals surface area contributed by atoms with Crippen LogP contribution in [0.5, 0.6) is 0 Å². The van der Waals surface area contributed by atoms with Crippen molar-refractivity contribution in [2.75, 3.05) is 11.9 Å². The summed E-state index contributed by atoms with van der Waals surface area (Å²) in [6.45, 7) is 1.54. The lowest BCUT2D eigenvalue weighted by Crippen LogP contribution is -2.37. The molecular weight excluding hydrogens is 358 g/mol. The Bertz CT molecular complexity index is 970. The van der Waals surface area contributed by atoms with Crippen LogP contribution in [0.2, 0.25) is 0 Å². The minimum Gasteiger partial charge on any atom is -0.478 e. The van der Waals surface area contributed by atoms with Gasteiger partial charge in [0.25, 0.3) is 0 Å². The molecule has 0 saturated heterocycles. The Hall–Kier alpha value is -2.78. The molecule has 0 spiro atoms. The van der Waals surface area contributed by atoms with Crippen LogP contribution in [-0.2, 0) is 27.8 Å². The number of sulfonamides is 1. The fourth-order valence-corrected chi connectivity index (χ4v) is 4.29. The first-order valence-corrected chi connectivity index (χ1v) is 9.31. The number of nitrogens with zero attached hydrogens (tertiary/aromatic N) is 2. The number of rotatable bonds is 4. The molecule has 9 heteroatoms. The van der Waals surface area contributed by atoms with Gasteiger partial charge in [0.2, 0.25) is 15.9 Å². The maximum absolute atomic E-state index is 12.9. The highest BCUT2D eigenvalue weighted by molar-refractivity contribution is 7.89. The number of fused-ring (bicyclic) bond motifs is 1. The average Bonchev–Trinajstić information content (AvgIpc) is 2.60. The average molecular weight is 375 g/mol. The van der Waals surface area contributed by atoms with Gasteiger partial charge in [0, 0.05) is 49.6 Å². The van der Waals surface area contributed by atoms with Crippen molar-refractivity contribution in [3.8, 4) is 0 Å². The minimum absolute atomic E-state index is 0.0411. The lowest BCUT2D eigenvalue weighted by Gasteiger charge is -2.28. The maximum Gasteiger partial charge on any atom is 0.336 e. The largest absolute Gasteiger partial charge is 0.478 e. The third kappa shape index (κ3) is 3.44. The summed E-state index contributed by atoms with van der Waals surface area (Å²) in [7, 11) is -3.79. The van der Waals surface area contributed by atoms with E-state index in [2.05, 4.69) is 10.3 Å². The molecule has 0 aliphatic carbocycles. The van der Waals surface area contributed by atoms with Crippen molar-refractivity contribution in [2.24, 2.45) is 0 Å². The highest BCUT2D eigenvalue weighted by atomic mass is 32.2. The molecule has 1 amide bonds. The highest BCUT2D eigenvalue weighted by Crippen LogP contribution is 2.26. The van der Waals surface area contributed by atoms with Gasteiger partial charge in [0.05, 0.1) is 10.5 Å². The van der Waals surface area contributed by atoms with Crippen molar-refractivity contribution in [3.63, 3.8) is 0 Å². The molecule has 0 saturated carbocycles. The molecule has 1 aliphatic heterocycles. The number of carbonyl (C=O) groups is 2. The van der Waals surface area contributed by atoms with Crippen LogP contribution < -0.4 is 5.32 Å². The van der Waals surface area contributed by atoms with Crippen molar-refractivity contribution >= 4 is 27.6 Å². The number of aromatic carboxylic acids is 1. The van der Waals surface area contributed by atoms with E-state index in [1.807, 2.05) is 0 Å². The number of benzene rings is 1. The van der Waals surface area contributed by atoms with Gasteiger partial charge in [-0.2, -0.15) is 4.31 Å². The van der Waals surface area contributed by atoms with E-state index in [1.165, 1.54) is 47.8 Å². The first kappa shape index (κ1) is 18.0. The summed E-state index contributed by atoms with van der Waals surface area (Å²) in [6.07, 6.45) is 1.77. The third-order valence-electron chi connectivity index (χ3n) is 4.12. The summed E-state index contributed by atoms with van der Waals surface area (Å²) in [5.41, 5.74) is 1.59. The van der Waals surface area contributed by atoms with E-state index < -0.39 is 16.0 Å². The van der Waals surface area contributed by atoms with Crippen molar-refractivity contribution in [1.82, 2.24) is 9.29 Å². The zero-order valence-corrected chi connectivity index (χ0v) is 14.8. The van der Waals surface area contributed by atoms with Crippen molar-refractivity contribution in [2.45, 2.75) is 24.8 Å². The number of nitrogens with one attached hydrogen (secondary N) is 1. The molecule has 26 heavy (non-hydrogen) atoms. The number of aromatic nitrogens is 1. The molecule has 1 aromatic heterocycles. The molecule has 0 unspecified atom stereocenters. The van der Waals surface area contributed by atoms with Crippen LogP contribution in [0.3, 0.4) is 0 Å². The van der Waals surface area contributed by atoms with Crippen LogP contribution in [0.15, 0.2) is 41.4 Å². The van der Waals surface area contributed by atoms with Gasteiger partial charge < -0.3 is 10.4 Å². The number of carbonyl (C=O) groups excluding carboxylic acids is 1. The lowest BCUT2D eigenvalue weighted by atomic mass is 10.0. The molecule has 2 N–H and O–H groups in total. The Morgan fingerprint density at radius 3 is 2.50 bits per heavy atom. The van der Waals surface area contributed by atoms with Gasteiger partial charge in [0.1, 0.15) is 0 Å². The van der Waals surface area contributed by atoms with E-state index in [9.17, 15) is 23.1 Å². The minimum atomic E-state index is -3.79. The zero-order valence-electron chi connectivity index (χ0n) is 14.0. The van der Waals surface area contributed by atoms with Crippen LogP contribution in [0.25, 0.3) is 0 Å². The number of hydrogen-bond donors (Lipinski definition) is 2. The topological polar surface area (TPSA) is 117 Å². The van der Waals surface area contributed by atoms with Crippen LogP contribution in [0, 0.1) is 0 Å². The SMILES string of the molecule is CC(=O)Nc1ccc(S(=O)(=O)N2CCc3nccc(C(=O)O)c3C2)cc1. The fourth-order valence-electron chi connectivity index (χ4n) is 2.88. The molecule has 3 rings (SSSR count). The number of carboxylic acids is 1. The molecule has 2 heterocycles. The van der Waals surface area contributed by atoms with Crippen LogP contribution in [0.4, 0.5) is 5.69 Å². The first-order chi connectivity index (χ1) is 12.3. The van der Waals surface area contributed by atoms with Gasteiger partial charge in [-0.1, -0.05) is 0 Å². The third-order valence-corrected chi connectivity index (χ3v) is 5.98. The van der Waals surface area contributed by atoms with E-state index in [0.29, 0.717) is 23.4 Å². The van der Waals surface area contributed by atoms with E-state index >= 15 is 0 Å². The van der Waals surface area contributed by atoms with Crippen molar-refractivity contribution < 1.29 is 23.1 Å². The predicted molar refractivity (Wildman–Crippen MR) is 93.2 cm³/mol. The normalized spacial score (nSPS) is 14.5. The molecule has 0 fully saturated rings. The fraction of sp³-hybridized carbons (Fsp3) is 0.235. The Morgan fingerprint density at radius 1 is 1.19 bits per heavy atom. The zero-order chi connectivity index (χ0) is 18.9. The number of hydrogen-bond acceptors (Lipinski definition) is 5. The maximum atomic E-state index is 12.9. The molecule has 1 aliphatic rings. The summed E-state index contributed by atoms with van der Waals surface area (Å²) in [6, 6.07) is 7.22. The highest BCUT2D eigenvalue weighted by Gasteiger charge is 2.31. The van der Waals surface area contributed by atoms with Gasteiger partial charge in [-0.25, -0.2) is 13.2 Å². The molecule has 0 atom stereocenters. The van der Waals surface area contributed by atoms with Gasteiger partial charge in [-0.15, -0.1) is 0 Å². The molecule has 0 radical (unpaired) electrons. The summed E-state index contributed by atoms with van der Waals surface area (Å²) >= 11 is 0. The Kier molecular flexibility index (Phi) is 4.75. The van der Waals surface area contributed by atoms with Gasteiger partial charge >= 0.3 is 5.97 Å². The predicted octanol–water partition coefficient (Wildman–Crippen LogP) is 1.49. The summed E-state index contributed by atoms with van der Waals surface area (Å²) in [5.74, 6) is -1.36. The second-order valence-electron chi connectivity index (χ2n) is 5.88. The van der Waals surface area contributed by atoms with Gasteiger partial charge in [-0.3, -0.25) is 9.78 Å². The second kappa shape index (κ2) is 6.85. The molecule has 136 valence electrons. The van der Waals surface area contributed by atoms with Crippen molar-refractivity contribution in [1.29, 1.82) is 0 Å². The van der Waals surface area contributed by atoms with Gasteiger partial charge in [-0.05, 0) is 30.3 Å². The van der Waals surface area contributed by atoms with E-state index in [-0.39, 0.29) is 29.5 Å². The quantitative estimate of drug-likeness (QED) is 0.836. The molecule has 1 aromatic carbocycles. The number of amides is 1. The second-order valence-corrected chi connectivity index (χ2v) is 7.82. The van der Waals surface area contributed by atoms with E-state index in [4.69, 9.17) is 0 Å². The summed E-state index contributed by atoms with van der Waals surface area (Å²) < 4.78 is 27.0.